The van der Waals surface area contributed by atoms with Gasteiger partial charge in [0.15, 0.2) is 5.82 Å². The van der Waals surface area contributed by atoms with Crippen LogP contribution in [0.5, 0.6) is 0 Å². The molecule has 0 unspecified atom stereocenters. The molecule has 130 valence electrons. The summed E-state index contributed by atoms with van der Waals surface area (Å²) in [4.78, 5) is 25.3. The molecule has 1 heterocycles. The third-order valence-electron chi connectivity index (χ3n) is 3.89. The van der Waals surface area contributed by atoms with Crippen molar-refractivity contribution in [3.05, 3.63) is 54.4 Å². The SMILES string of the molecule is C=CCNC(=O)Cn1nnc([C@H](NC(=O)c2ccccc2)C2CC2)n1. The van der Waals surface area contributed by atoms with Gasteiger partial charge in [-0.05, 0) is 36.1 Å². The minimum absolute atomic E-state index is 0.0230. The quantitative estimate of drug-likeness (QED) is 0.694. The number of nitrogens with zero attached hydrogens (tertiary/aromatic N) is 4. The van der Waals surface area contributed by atoms with E-state index in [1.165, 1.54) is 4.80 Å². The van der Waals surface area contributed by atoms with E-state index in [2.05, 4.69) is 32.6 Å². The minimum atomic E-state index is -0.294. The predicted molar refractivity (Wildman–Crippen MR) is 90.4 cm³/mol. The van der Waals surface area contributed by atoms with Gasteiger partial charge in [-0.1, -0.05) is 24.3 Å². The number of tetrazole rings is 1. The van der Waals surface area contributed by atoms with Gasteiger partial charge in [-0.3, -0.25) is 9.59 Å². The number of hydrogen-bond donors (Lipinski definition) is 2. The lowest BCUT2D eigenvalue weighted by molar-refractivity contribution is -0.121. The molecule has 2 amide bonds. The number of carbonyl (C=O) groups is 2. The van der Waals surface area contributed by atoms with E-state index in [1.807, 2.05) is 18.2 Å². The molecule has 2 aromatic rings. The second-order valence-electron chi connectivity index (χ2n) is 5.93. The van der Waals surface area contributed by atoms with Crippen LogP contribution < -0.4 is 10.6 Å². The van der Waals surface area contributed by atoms with Crippen molar-refractivity contribution in [2.75, 3.05) is 6.54 Å². The molecule has 0 radical (unpaired) electrons. The fourth-order valence-corrected chi connectivity index (χ4v) is 2.45. The van der Waals surface area contributed by atoms with Crippen molar-refractivity contribution in [3.8, 4) is 0 Å². The van der Waals surface area contributed by atoms with E-state index in [1.54, 1.807) is 18.2 Å². The molecule has 0 saturated heterocycles. The third kappa shape index (κ3) is 4.50. The normalized spacial score (nSPS) is 14.6. The Balaban J connectivity index is 1.66. The Kier molecular flexibility index (Phi) is 5.17. The van der Waals surface area contributed by atoms with Crippen molar-refractivity contribution >= 4 is 11.8 Å². The van der Waals surface area contributed by atoms with Crippen LogP contribution in [0.15, 0.2) is 43.0 Å². The summed E-state index contributed by atoms with van der Waals surface area (Å²) in [6, 6.07) is 8.72. The Hall–Kier alpha value is -3.03. The van der Waals surface area contributed by atoms with E-state index in [0.717, 1.165) is 12.8 Å². The fraction of sp³-hybridized carbons (Fsp3) is 0.353. The molecule has 1 aliphatic rings. The highest BCUT2D eigenvalue weighted by molar-refractivity contribution is 5.94. The molecule has 0 bridgehead atoms. The first-order valence-electron chi connectivity index (χ1n) is 8.18. The zero-order chi connectivity index (χ0) is 17.6. The Morgan fingerprint density at radius 2 is 2.08 bits per heavy atom. The van der Waals surface area contributed by atoms with E-state index in [0.29, 0.717) is 23.9 Å². The summed E-state index contributed by atoms with van der Waals surface area (Å²) in [6.07, 6.45) is 3.61. The highest BCUT2D eigenvalue weighted by Gasteiger charge is 2.36. The summed E-state index contributed by atoms with van der Waals surface area (Å²) in [5.41, 5.74) is 0.587. The first kappa shape index (κ1) is 16.8. The molecule has 1 aromatic heterocycles. The number of benzene rings is 1. The van der Waals surface area contributed by atoms with Gasteiger partial charge in [-0.2, -0.15) is 4.80 Å². The lowest BCUT2D eigenvalue weighted by Crippen LogP contribution is -2.31. The van der Waals surface area contributed by atoms with Gasteiger partial charge in [0.25, 0.3) is 5.91 Å². The van der Waals surface area contributed by atoms with Crippen molar-refractivity contribution in [3.63, 3.8) is 0 Å². The molecular formula is C17H20N6O2. The van der Waals surface area contributed by atoms with Gasteiger partial charge in [0.05, 0.1) is 6.04 Å². The smallest absolute Gasteiger partial charge is 0.251 e. The van der Waals surface area contributed by atoms with Gasteiger partial charge in [0.1, 0.15) is 6.54 Å². The number of hydrogen-bond acceptors (Lipinski definition) is 5. The average molecular weight is 340 g/mol. The zero-order valence-electron chi connectivity index (χ0n) is 13.8. The van der Waals surface area contributed by atoms with Crippen LogP contribution in [0, 0.1) is 5.92 Å². The number of amides is 2. The van der Waals surface area contributed by atoms with E-state index >= 15 is 0 Å². The van der Waals surface area contributed by atoms with Crippen molar-refractivity contribution in [1.29, 1.82) is 0 Å². The topological polar surface area (TPSA) is 102 Å². The Morgan fingerprint density at radius 3 is 2.76 bits per heavy atom. The van der Waals surface area contributed by atoms with Crippen molar-refractivity contribution in [1.82, 2.24) is 30.8 Å². The summed E-state index contributed by atoms with van der Waals surface area (Å²) < 4.78 is 0. The van der Waals surface area contributed by atoms with E-state index in [-0.39, 0.29) is 24.4 Å². The van der Waals surface area contributed by atoms with Crippen LogP contribution in [0.3, 0.4) is 0 Å². The van der Waals surface area contributed by atoms with E-state index in [9.17, 15) is 9.59 Å². The number of carbonyl (C=O) groups excluding carboxylic acids is 2. The first-order valence-corrected chi connectivity index (χ1v) is 8.18. The molecule has 8 nitrogen and oxygen atoms in total. The molecule has 1 aliphatic carbocycles. The summed E-state index contributed by atoms with van der Waals surface area (Å²) in [5.74, 6) is 0.348. The van der Waals surface area contributed by atoms with Crippen molar-refractivity contribution < 1.29 is 9.59 Å². The standard InChI is InChI=1S/C17H20N6O2/c1-2-10-18-14(24)11-23-21-16(20-22-23)15(12-8-9-12)19-17(25)13-6-4-3-5-7-13/h2-7,12,15H,1,8-11H2,(H,18,24)(H,19,25)/t15-/m1/s1. The molecular weight excluding hydrogens is 320 g/mol. The second kappa shape index (κ2) is 7.69. The zero-order valence-corrected chi connectivity index (χ0v) is 13.8. The monoisotopic (exact) mass is 340 g/mol. The summed E-state index contributed by atoms with van der Waals surface area (Å²) in [6.45, 7) is 3.90. The fourth-order valence-electron chi connectivity index (χ4n) is 2.45. The number of aromatic nitrogens is 4. The van der Waals surface area contributed by atoms with Gasteiger partial charge in [0.2, 0.25) is 5.91 Å². The van der Waals surface area contributed by atoms with Crippen molar-refractivity contribution in [2.45, 2.75) is 25.4 Å². The first-order chi connectivity index (χ1) is 12.2. The molecule has 1 saturated carbocycles. The van der Waals surface area contributed by atoms with Gasteiger partial charge in [-0.15, -0.1) is 16.8 Å². The molecule has 8 heteroatoms. The molecule has 0 aliphatic heterocycles. The maximum Gasteiger partial charge on any atom is 0.251 e. The molecule has 3 rings (SSSR count). The van der Waals surface area contributed by atoms with Crippen LogP contribution in [0.2, 0.25) is 0 Å². The molecule has 1 atom stereocenters. The summed E-state index contributed by atoms with van der Waals surface area (Å²) in [5, 5.41) is 17.8. The van der Waals surface area contributed by atoms with E-state index in [4.69, 9.17) is 0 Å². The Labute approximate surface area is 145 Å². The Morgan fingerprint density at radius 1 is 1.32 bits per heavy atom. The summed E-state index contributed by atoms with van der Waals surface area (Å²) in [7, 11) is 0. The maximum absolute atomic E-state index is 12.4. The lowest BCUT2D eigenvalue weighted by atomic mass is 10.1. The van der Waals surface area contributed by atoms with Crippen LogP contribution in [-0.2, 0) is 11.3 Å². The van der Waals surface area contributed by atoms with Crippen LogP contribution in [0.25, 0.3) is 0 Å². The molecule has 2 N–H and O–H groups in total. The second-order valence-corrected chi connectivity index (χ2v) is 5.93. The van der Waals surface area contributed by atoms with E-state index < -0.39 is 0 Å². The van der Waals surface area contributed by atoms with Gasteiger partial charge in [-0.25, -0.2) is 0 Å². The van der Waals surface area contributed by atoms with Gasteiger partial charge >= 0.3 is 0 Å². The third-order valence-corrected chi connectivity index (χ3v) is 3.89. The lowest BCUT2D eigenvalue weighted by Gasteiger charge is -2.14. The van der Waals surface area contributed by atoms with Crippen LogP contribution in [-0.4, -0.2) is 38.6 Å². The predicted octanol–water partition coefficient (Wildman–Crippen LogP) is 0.856. The highest BCUT2D eigenvalue weighted by atomic mass is 16.2. The molecule has 1 aromatic carbocycles. The molecule has 0 spiro atoms. The van der Waals surface area contributed by atoms with Crippen molar-refractivity contribution in [2.24, 2.45) is 5.92 Å². The Bertz CT molecular complexity index is 754. The van der Waals surface area contributed by atoms with Crippen LogP contribution in [0.1, 0.15) is 35.1 Å². The number of nitrogens with one attached hydrogen (secondary N) is 2. The summed E-state index contributed by atoms with van der Waals surface area (Å²) >= 11 is 0. The minimum Gasteiger partial charge on any atom is -0.351 e. The average Bonchev–Trinajstić information content (AvgIpc) is 3.37. The van der Waals surface area contributed by atoms with Crippen LogP contribution >= 0.6 is 0 Å². The molecule has 25 heavy (non-hydrogen) atoms. The highest BCUT2D eigenvalue weighted by Crippen LogP contribution is 2.39. The largest absolute Gasteiger partial charge is 0.351 e. The molecule has 1 fully saturated rings. The van der Waals surface area contributed by atoms with Gasteiger partial charge < -0.3 is 10.6 Å². The van der Waals surface area contributed by atoms with Crippen LogP contribution in [0.4, 0.5) is 0 Å². The maximum atomic E-state index is 12.4. The number of rotatable bonds is 8. The van der Waals surface area contributed by atoms with Gasteiger partial charge in [0, 0.05) is 12.1 Å².